The zero-order valence-electron chi connectivity index (χ0n) is 21.4. The zero-order chi connectivity index (χ0) is 28.8. The van der Waals surface area contributed by atoms with Gasteiger partial charge in [-0.1, -0.05) is 18.2 Å². The summed E-state index contributed by atoms with van der Waals surface area (Å²) >= 11 is 0. The van der Waals surface area contributed by atoms with Crippen LogP contribution in [-0.4, -0.2) is 53.5 Å². The van der Waals surface area contributed by atoms with Gasteiger partial charge >= 0.3 is 0 Å². The Kier molecular flexibility index (Phi) is 8.50. The minimum absolute atomic E-state index is 0.0120. The number of ether oxygens (including phenoxy) is 2. The van der Waals surface area contributed by atoms with Crippen LogP contribution >= 0.6 is 0 Å². The summed E-state index contributed by atoms with van der Waals surface area (Å²) in [7, 11) is -5.28. The molecule has 1 amide bonds. The average Bonchev–Trinajstić information content (AvgIpc) is 2.96. The van der Waals surface area contributed by atoms with Crippen LogP contribution in [-0.2, 0) is 24.8 Å². The third-order valence-electron chi connectivity index (χ3n) is 5.51. The molecule has 0 spiro atoms. The first-order valence-corrected chi connectivity index (χ1v) is 14.6. The predicted octanol–water partition coefficient (Wildman–Crippen LogP) is 3.13. The van der Waals surface area contributed by atoms with Crippen molar-refractivity contribution in [1.82, 2.24) is 9.97 Å². The molecule has 40 heavy (non-hydrogen) atoms. The molecule has 0 bridgehead atoms. The van der Waals surface area contributed by atoms with E-state index >= 15 is 0 Å². The Balaban J connectivity index is 1.57. The predicted molar refractivity (Wildman–Crippen MR) is 148 cm³/mol. The van der Waals surface area contributed by atoms with Gasteiger partial charge in [0.05, 0.1) is 29.7 Å². The summed E-state index contributed by atoms with van der Waals surface area (Å²) in [6, 6.07) is 19.1. The number of hydrogen-bond donors (Lipinski definition) is 2. The maximum atomic E-state index is 13.6. The van der Waals surface area contributed by atoms with Crippen molar-refractivity contribution in [3.8, 4) is 11.5 Å². The van der Waals surface area contributed by atoms with Crippen molar-refractivity contribution in [2.75, 3.05) is 35.1 Å². The lowest BCUT2D eigenvalue weighted by molar-refractivity contribution is -0.114. The molecule has 2 N–H and O–H groups in total. The number of amides is 1. The Labute approximate surface area is 231 Å². The van der Waals surface area contributed by atoms with Gasteiger partial charge in [-0.2, -0.15) is 0 Å². The molecular formula is C26H25N5O7S2. The van der Waals surface area contributed by atoms with Crippen LogP contribution in [0.4, 0.5) is 17.3 Å². The summed E-state index contributed by atoms with van der Waals surface area (Å²) in [5.74, 6) is -0.0911. The van der Waals surface area contributed by atoms with Gasteiger partial charge < -0.3 is 14.8 Å². The van der Waals surface area contributed by atoms with E-state index in [0.717, 1.165) is 4.31 Å². The highest BCUT2D eigenvalue weighted by atomic mass is 32.2. The maximum absolute atomic E-state index is 13.6. The van der Waals surface area contributed by atoms with E-state index in [2.05, 4.69) is 20.0 Å². The molecule has 208 valence electrons. The molecule has 0 unspecified atom stereocenters. The molecule has 1 heterocycles. The van der Waals surface area contributed by atoms with E-state index in [0.29, 0.717) is 5.75 Å². The summed E-state index contributed by atoms with van der Waals surface area (Å²) in [5, 5.41) is 2.60. The molecule has 0 aliphatic carbocycles. The number of rotatable bonds is 11. The normalized spacial score (nSPS) is 11.3. The number of nitrogens with one attached hydrogen (secondary N) is 2. The summed E-state index contributed by atoms with van der Waals surface area (Å²) < 4.78 is 66.1. The second-order valence-corrected chi connectivity index (χ2v) is 11.7. The molecule has 0 aliphatic rings. The molecule has 14 heteroatoms. The molecule has 0 aliphatic heterocycles. The Morgan fingerprint density at radius 3 is 2.08 bits per heavy atom. The van der Waals surface area contributed by atoms with Crippen molar-refractivity contribution in [1.29, 1.82) is 0 Å². The SMILES string of the molecule is COc1ccc(N(CC(=O)Nc2ccc(S(=O)(=O)Nc3ncccn3)cc2)S(=O)(=O)c2ccccc2)cc1OC. The zero-order valence-corrected chi connectivity index (χ0v) is 23.0. The van der Waals surface area contributed by atoms with Gasteiger partial charge in [-0.3, -0.25) is 9.10 Å². The van der Waals surface area contributed by atoms with E-state index in [-0.39, 0.29) is 32.9 Å². The van der Waals surface area contributed by atoms with Gasteiger partial charge in [-0.25, -0.2) is 31.5 Å². The van der Waals surface area contributed by atoms with Crippen molar-refractivity contribution in [3.05, 3.63) is 91.3 Å². The Hall–Kier alpha value is -4.69. The molecule has 1 aromatic heterocycles. The van der Waals surface area contributed by atoms with Gasteiger partial charge in [-0.15, -0.1) is 0 Å². The smallest absolute Gasteiger partial charge is 0.264 e. The van der Waals surface area contributed by atoms with Gasteiger partial charge in [0.25, 0.3) is 20.0 Å². The summed E-state index contributed by atoms with van der Waals surface area (Å²) in [6.45, 7) is -0.584. The van der Waals surface area contributed by atoms with Crippen molar-refractivity contribution >= 4 is 43.3 Å². The van der Waals surface area contributed by atoms with E-state index < -0.39 is 32.5 Å². The number of sulfonamides is 2. The van der Waals surface area contributed by atoms with Crippen LogP contribution in [0.3, 0.4) is 0 Å². The van der Waals surface area contributed by atoms with Crippen molar-refractivity contribution in [3.63, 3.8) is 0 Å². The third kappa shape index (κ3) is 6.47. The molecule has 0 fully saturated rings. The summed E-state index contributed by atoms with van der Waals surface area (Å²) in [5.41, 5.74) is 0.427. The molecule has 0 radical (unpaired) electrons. The minimum Gasteiger partial charge on any atom is -0.493 e. The minimum atomic E-state index is -4.17. The maximum Gasteiger partial charge on any atom is 0.264 e. The first-order chi connectivity index (χ1) is 19.1. The number of carbonyl (C=O) groups excluding carboxylic acids is 1. The fourth-order valence-corrected chi connectivity index (χ4v) is 5.99. The Morgan fingerprint density at radius 1 is 0.800 bits per heavy atom. The Morgan fingerprint density at radius 2 is 1.45 bits per heavy atom. The van der Waals surface area contributed by atoms with Crippen LogP contribution in [0.2, 0.25) is 0 Å². The Bertz CT molecular complexity index is 1680. The molecule has 4 rings (SSSR count). The third-order valence-corrected chi connectivity index (χ3v) is 8.65. The lowest BCUT2D eigenvalue weighted by Gasteiger charge is -2.25. The van der Waals surface area contributed by atoms with Gasteiger partial charge in [-0.05, 0) is 54.6 Å². The molecular weight excluding hydrogens is 558 g/mol. The van der Waals surface area contributed by atoms with Crippen molar-refractivity contribution in [2.45, 2.75) is 9.79 Å². The first-order valence-electron chi connectivity index (χ1n) is 11.6. The van der Waals surface area contributed by atoms with Crippen LogP contribution in [0, 0.1) is 0 Å². The molecule has 0 saturated carbocycles. The molecule has 12 nitrogen and oxygen atoms in total. The standard InChI is InChI=1S/C26H25N5O7S2/c1-37-23-14-11-20(17-24(23)38-2)31(40(35,36)22-7-4-3-5-8-22)18-25(32)29-19-9-12-21(13-10-19)39(33,34)30-26-27-15-6-16-28-26/h3-17H,18H2,1-2H3,(H,29,32)(H,27,28,30). The van der Waals surface area contributed by atoms with Gasteiger partial charge in [0.1, 0.15) is 6.54 Å². The second kappa shape index (κ2) is 12.0. The largest absolute Gasteiger partial charge is 0.493 e. The molecule has 0 atom stereocenters. The number of anilines is 3. The van der Waals surface area contributed by atoms with E-state index in [4.69, 9.17) is 9.47 Å². The van der Waals surface area contributed by atoms with Gasteiger partial charge in [0.2, 0.25) is 11.9 Å². The number of carbonyl (C=O) groups is 1. The fourth-order valence-electron chi connectivity index (χ4n) is 3.59. The van der Waals surface area contributed by atoms with Crippen LogP contribution in [0.1, 0.15) is 0 Å². The van der Waals surface area contributed by atoms with Crippen LogP contribution in [0.15, 0.2) is 101 Å². The highest BCUT2D eigenvalue weighted by Gasteiger charge is 2.28. The highest BCUT2D eigenvalue weighted by Crippen LogP contribution is 2.33. The summed E-state index contributed by atoms with van der Waals surface area (Å²) in [4.78, 5) is 20.6. The number of aromatic nitrogens is 2. The van der Waals surface area contributed by atoms with Gasteiger partial charge in [0, 0.05) is 24.1 Å². The molecule has 4 aromatic rings. The molecule has 0 saturated heterocycles. The topological polar surface area (TPSA) is 157 Å². The fraction of sp³-hybridized carbons (Fsp3) is 0.115. The number of hydrogen-bond acceptors (Lipinski definition) is 9. The number of nitrogens with zero attached hydrogens (tertiary/aromatic N) is 3. The van der Waals surface area contributed by atoms with E-state index in [1.54, 1.807) is 24.3 Å². The van der Waals surface area contributed by atoms with E-state index in [1.165, 1.54) is 81.2 Å². The lowest BCUT2D eigenvalue weighted by atomic mass is 10.2. The second-order valence-electron chi connectivity index (χ2n) is 8.11. The molecule has 3 aromatic carbocycles. The first kappa shape index (κ1) is 28.3. The van der Waals surface area contributed by atoms with Crippen LogP contribution < -0.4 is 23.8 Å². The van der Waals surface area contributed by atoms with Gasteiger partial charge in [0.15, 0.2) is 11.5 Å². The van der Waals surface area contributed by atoms with Crippen LogP contribution in [0.5, 0.6) is 11.5 Å². The van der Waals surface area contributed by atoms with Crippen LogP contribution in [0.25, 0.3) is 0 Å². The number of methoxy groups -OCH3 is 2. The number of benzene rings is 3. The average molecular weight is 584 g/mol. The lowest BCUT2D eigenvalue weighted by Crippen LogP contribution is -2.38. The van der Waals surface area contributed by atoms with Crippen molar-refractivity contribution in [2.24, 2.45) is 0 Å². The van der Waals surface area contributed by atoms with E-state index in [1.807, 2.05) is 0 Å². The quantitative estimate of drug-likeness (QED) is 0.271. The van der Waals surface area contributed by atoms with Crippen molar-refractivity contribution < 1.29 is 31.1 Å². The van der Waals surface area contributed by atoms with E-state index in [9.17, 15) is 21.6 Å². The highest BCUT2D eigenvalue weighted by molar-refractivity contribution is 7.93. The monoisotopic (exact) mass is 583 g/mol. The summed E-state index contributed by atoms with van der Waals surface area (Å²) in [6.07, 6.45) is 2.79.